The third-order valence-electron chi connectivity index (χ3n) is 7.09. The molecule has 3 saturated heterocycles. The van der Waals surface area contributed by atoms with Gasteiger partial charge in [-0.05, 0) is 76.9 Å². The van der Waals surface area contributed by atoms with Gasteiger partial charge in [-0.1, -0.05) is 81.7 Å². The molecule has 1 aliphatic carbocycles. The molecule has 1 aromatic rings. The SMILES string of the molecule is CC(C)(C)P(Cc1ccccc1C1C2CC3CC(C2)CP1C3)C(C)(C)C. The van der Waals surface area contributed by atoms with Gasteiger partial charge in [0.05, 0.1) is 0 Å². The Morgan fingerprint density at radius 2 is 1.46 bits per heavy atom. The average Bonchev–Trinajstić information content (AvgIpc) is 2.50. The van der Waals surface area contributed by atoms with E-state index >= 15 is 0 Å². The maximum atomic E-state index is 2.53. The molecule has 1 saturated carbocycles. The van der Waals surface area contributed by atoms with Crippen LogP contribution < -0.4 is 0 Å². The van der Waals surface area contributed by atoms with Crippen molar-refractivity contribution in [1.29, 1.82) is 0 Å². The van der Waals surface area contributed by atoms with E-state index < -0.39 is 0 Å². The molecule has 3 unspecified atom stereocenters. The van der Waals surface area contributed by atoms with Gasteiger partial charge in [0, 0.05) is 5.66 Å². The lowest BCUT2D eigenvalue weighted by Gasteiger charge is -2.55. The fourth-order valence-electron chi connectivity index (χ4n) is 6.50. The number of hydrogen-bond acceptors (Lipinski definition) is 0. The number of benzene rings is 1. The summed E-state index contributed by atoms with van der Waals surface area (Å²) in [6.07, 6.45) is 9.16. The van der Waals surface area contributed by atoms with E-state index in [1.807, 2.05) is 0 Å². The molecule has 0 aromatic heterocycles. The van der Waals surface area contributed by atoms with E-state index in [0.29, 0.717) is 10.3 Å². The lowest BCUT2D eigenvalue weighted by molar-refractivity contribution is 0.186. The van der Waals surface area contributed by atoms with Crippen LogP contribution in [-0.2, 0) is 6.16 Å². The molecule has 26 heavy (non-hydrogen) atoms. The van der Waals surface area contributed by atoms with Crippen LogP contribution >= 0.6 is 15.8 Å². The van der Waals surface area contributed by atoms with Crippen molar-refractivity contribution in [2.75, 3.05) is 12.3 Å². The Balaban J connectivity index is 1.65. The zero-order valence-electron chi connectivity index (χ0n) is 17.8. The topological polar surface area (TPSA) is 0 Å². The molecule has 3 atom stereocenters. The van der Waals surface area contributed by atoms with Crippen LogP contribution in [0, 0.1) is 17.8 Å². The minimum atomic E-state index is -0.0639. The van der Waals surface area contributed by atoms with Gasteiger partial charge < -0.3 is 0 Å². The van der Waals surface area contributed by atoms with Crippen molar-refractivity contribution in [2.24, 2.45) is 17.8 Å². The molecule has 144 valence electrons. The molecule has 0 radical (unpaired) electrons. The smallest absolute Gasteiger partial charge is 0.00733 e. The maximum Gasteiger partial charge on any atom is 0.00733 e. The van der Waals surface area contributed by atoms with E-state index in [9.17, 15) is 0 Å². The van der Waals surface area contributed by atoms with E-state index in [-0.39, 0.29) is 15.8 Å². The summed E-state index contributed by atoms with van der Waals surface area (Å²) in [6, 6.07) is 9.66. The zero-order chi connectivity index (χ0) is 18.7. The van der Waals surface area contributed by atoms with Crippen LogP contribution in [0.3, 0.4) is 0 Å². The summed E-state index contributed by atoms with van der Waals surface area (Å²) in [5.41, 5.74) is 4.43. The molecule has 2 heteroatoms. The molecule has 0 amide bonds. The summed E-state index contributed by atoms with van der Waals surface area (Å²) < 4.78 is 0. The van der Waals surface area contributed by atoms with E-state index in [2.05, 4.69) is 65.8 Å². The predicted molar refractivity (Wildman–Crippen MR) is 120 cm³/mol. The van der Waals surface area contributed by atoms with Crippen LogP contribution in [0.25, 0.3) is 0 Å². The Bertz CT molecular complexity index is 607. The third kappa shape index (κ3) is 3.67. The quantitative estimate of drug-likeness (QED) is 0.463. The standard InChI is InChI=1S/C24H38P2/c1-23(2,3)26(24(4,5)6)16-19-9-7-8-10-21(19)22-20-12-17-11-18(13-20)15-25(22)14-17/h7-10,17-18,20,22H,11-16H2,1-6H3. The number of rotatable bonds is 3. The fourth-order valence-corrected chi connectivity index (χ4v) is 14.1. The summed E-state index contributed by atoms with van der Waals surface area (Å²) in [4.78, 5) is 0. The lowest BCUT2D eigenvalue weighted by atomic mass is 9.72. The number of hydrogen-bond donors (Lipinski definition) is 0. The summed E-state index contributed by atoms with van der Waals surface area (Å²) in [5.74, 6) is 3.22. The first-order valence-corrected chi connectivity index (χ1v) is 14.0. The molecular formula is C24H38P2. The van der Waals surface area contributed by atoms with E-state index in [1.165, 1.54) is 6.16 Å². The van der Waals surface area contributed by atoms with Gasteiger partial charge in [0.2, 0.25) is 0 Å². The van der Waals surface area contributed by atoms with E-state index in [4.69, 9.17) is 0 Å². The molecule has 3 aliphatic heterocycles. The van der Waals surface area contributed by atoms with Crippen LogP contribution in [0.2, 0.25) is 0 Å². The molecule has 3 heterocycles. The van der Waals surface area contributed by atoms with Gasteiger partial charge in [0.1, 0.15) is 0 Å². The van der Waals surface area contributed by atoms with Crippen molar-refractivity contribution >= 4 is 15.8 Å². The summed E-state index contributed by atoms with van der Waals surface area (Å²) in [5, 5.41) is 0.826. The Hall–Kier alpha value is 0.0800. The van der Waals surface area contributed by atoms with E-state index in [1.54, 1.807) is 42.7 Å². The highest BCUT2D eigenvalue weighted by atomic mass is 31.1. The Kier molecular flexibility index (Phi) is 5.11. The monoisotopic (exact) mass is 388 g/mol. The summed E-state index contributed by atoms with van der Waals surface area (Å²) in [6.45, 7) is 14.8. The fraction of sp³-hybridized carbons (Fsp3) is 0.750. The van der Waals surface area contributed by atoms with Crippen LogP contribution in [0.5, 0.6) is 0 Å². The molecular weight excluding hydrogens is 350 g/mol. The minimum absolute atomic E-state index is 0.0639. The summed E-state index contributed by atoms with van der Waals surface area (Å²) >= 11 is 0. The maximum absolute atomic E-state index is 2.53. The second-order valence-corrected chi connectivity index (χ2v) is 17.5. The van der Waals surface area contributed by atoms with Gasteiger partial charge in [-0.25, -0.2) is 0 Å². The first kappa shape index (κ1) is 19.4. The van der Waals surface area contributed by atoms with Gasteiger partial charge in [-0.3, -0.25) is 0 Å². The third-order valence-corrected chi connectivity index (χ3v) is 14.4. The minimum Gasteiger partial charge on any atom is -0.0982 e. The molecule has 0 N–H and O–H groups in total. The van der Waals surface area contributed by atoms with Crippen molar-refractivity contribution in [3.8, 4) is 0 Å². The second-order valence-electron chi connectivity index (χ2n) is 11.2. The van der Waals surface area contributed by atoms with Crippen molar-refractivity contribution in [3.05, 3.63) is 35.4 Å². The largest absolute Gasteiger partial charge is 0.0982 e. The van der Waals surface area contributed by atoms with Crippen molar-refractivity contribution in [3.63, 3.8) is 0 Å². The normalized spacial score (nSPS) is 33.9. The lowest BCUT2D eigenvalue weighted by Crippen LogP contribution is -2.40. The van der Waals surface area contributed by atoms with Crippen LogP contribution in [0.4, 0.5) is 0 Å². The van der Waals surface area contributed by atoms with Gasteiger partial charge in [0.15, 0.2) is 0 Å². The van der Waals surface area contributed by atoms with Gasteiger partial charge in [-0.15, -0.1) is 0 Å². The molecule has 4 fully saturated rings. The molecule has 4 aliphatic rings. The average molecular weight is 389 g/mol. The van der Waals surface area contributed by atoms with Gasteiger partial charge in [-0.2, -0.15) is 0 Å². The highest BCUT2D eigenvalue weighted by molar-refractivity contribution is 7.60. The van der Waals surface area contributed by atoms with Crippen molar-refractivity contribution < 1.29 is 0 Å². The predicted octanol–water partition coefficient (Wildman–Crippen LogP) is 7.85. The molecule has 5 rings (SSSR count). The highest BCUT2D eigenvalue weighted by Crippen LogP contribution is 2.71. The molecule has 4 bridgehead atoms. The summed E-state index contributed by atoms with van der Waals surface area (Å²) in [7, 11) is 0.195. The van der Waals surface area contributed by atoms with Crippen molar-refractivity contribution in [2.45, 2.75) is 82.9 Å². The van der Waals surface area contributed by atoms with Crippen molar-refractivity contribution in [1.82, 2.24) is 0 Å². The molecule has 0 spiro atoms. The highest BCUT2D eigenvalue weighted by Gasteiger charge is 2.49. The Morgan fingerprint density at radius 1 is 0.885 bits per heavy atom. The first-order chi connectivity index (χ1) is 12.1. The molecule has 1 aromatic carbocycles. The zero-order valence-corrected chi connectivity index (χ0v) is 19.5. The second kappa shape index (κ2) is 6.85. The van der Waals surface area contributed by atoms with Gasteiger partial charge in [0.25, 0.3) is 0 Å². The Labute approximate surface area is 164 Å². The van der Waals surface area contributed by atoms with Gasteiger partial charge >= 0.3 is 0 Å². The Morgan fingerprint density at radius 3 is 2.00 bits per heavy atom. The van der Waals surface area contributed by atoms with Crippen LogP contribution in [0.15, 0.2) is 24.3 Å². The van der Waals surface area contributed by atoms with Crippen LogP contribution in [-0.4, -0.2) is 22.6 Å². The van der Waals surface area contributed by atoms with Crippen LogP contribution in [0.1, 0.15) is 77.6 Å². The first-order valence-electron chi connectivity index (χ1n) is 10.7. The van der Waals surface area contributed by atoms with E-state index in [0.717, 1.165) is 23.4 Å². The molecule has 0 nitrogen and oxygen atoms in total.